The number of aromatic nitrogens is 2. The van der Waals surface area contributed by atoms with Gasteiger partial charge in [-0.2, -0.15) is 5.10 Å². The number of nitrogens with two attached hydrogens (primary N) is 1. The molecule has 4 nitrogen and oxygen atoms in total. The Hall–Kier alpha value is -0.580. The molecule has 1 atom stereocenters. The Bertz CT molecular complexity index is 452. The van der Waals surface area contributed by atoms with E-state index in [1.54, 1.807) is 7.11 Å². The summed E-state index contributed by atoms with van der Waals surface area (Å²) in [4.78, 5) is 0. The molecule has 0 saturated heterocycles. The van der Waals surface area contributed by atoms with Gasteiger partial charge in [0.05, 0.1) is 22.0 Å². The first-order chi connectivity index (χ1) is 9.54. The molecule has 1 aliphatic rings. The maximum atomic E-state index is 6.49. The second-order valence-electron chi connectivity index (χ2n) is 5.82. The molecule has 0 radical (unpaired) electrons. The van der Waals surface area contributed by atoms with Crippen molar-refractivity contribution in [2.45, 2.75) is 63.5 Å². The third-order valence-corrected chi connectivity index (χ3v) is 5.13. The SMILES string of the molecule is CCc1nn(C)c(CC(N)C2(OC)CCCCC2)c1Cl. The summed E-state index contributed by atoms with van der Waals surface area (Å²) in [5, 5.41) is 5.23. The van der Waals surface area contributed by atoms with Gasteiger partial charge in [0, 0.05) is 26.6 Å². The van der Waals surface area contributed by atoms with Gasteiger partial charge in [-0.25, -0.2) is 0 Å². The Labute approximate surface area is 126 Å². The van der Waals surface area contributed by atoms with Crippen molar-refractivity contribution in [1.29, 1.82) is 0 Å². The number of aryl methyl sites for hydroxylation is 2. The standard InChI is InChI=1S/C15H26ClN3O/c1-4-11-14(16)12(19(2)18-11)10-13(17)15(20-3)8-6-5-7-9-15/h13H,4-10,17H2,1-3H3. The van der Waals surface area contributed by atoms with Crippen LogP contribution in [0.1, 0.15) is 50.4 Å². The van der Waals surface area contributed by atoms with Crippen molar-refractivity contribution in [1.82, 2.24) is 9.78 Å². The van der Waals surface area contributed by atoms with Gasteiger partial charge in [0.1, 0.15) is 0 Å². The van der Waals surface area contributed by atoms with Crippen molar-refractivity contribution in [3.63, 3.8) is 0 Å². The van der Waals surface area contributed by atoms with E-state index in [1.807, 2.05) is 11.7 Å². The minimum absolute atomic E-state index is 0.0367. The lowest BCUT2D eigenvalue weighted by Crippen LogP contribution is -2.52. The van der Waals surface area contributed by atoms with E-state index in [2.05, 4.69) is 12.0 Å². The Morgan fingerprint density at radius 3 is 2.55 bits per heavy atom. The molecule has 5 heteroatoms. The van der Waals surface area contributed by atoms with Crippen molar-refractivity contribution in [2.24, 2.45) is 12.8 Å². The number of hydrogen-bond acceptors (Lipinski definition) is 3. The third-order valence-electron chi connectivity index (χ3n) is 4.70. The number of nitrogens with zero attached hydrogens (tertiary/aromatic N) is 2. The molecule has 0 amide bonds. The Balaban J connectivity index is 2.18. The van der Waals surface area contributed by atoms with E-state index in [-0.39, 0.29) is 11.6 Å². The maximum absolute atomic E-state index is 6.49. The zero-order chi connectivity index (χ0) is 14.8. The van der Waals surface area contributed by atoms with E-state index >= 15 is 0 Å². The molecule has 0 aliphatic heterocycles. The highest BCUT2D eigenvalue weighted by Gasteiger charge is 2.38. The van der Waals surface area contributed by atoms with Crippen LogP contribution in [0.15, 0.2) is 0 Å². The zero-order valence-corrected chi connectivity index (χ0v) is 13.5. The summed E-state index contributed by atoms with van der Waals surface area (Å²) in [5.74, 6) is 0. The minimum atomic E-state index is -0.196. The van der Waals surface area contributed by atoms with Gasteiger partial charge in [-0.1, -0.05) is 37.8 Å². The summed E-state index contributed by atoms with van der Waals surface area (Å²) in [6.45, 7) is 2.07. The van der Waals surface area contributed by atoms with Crippen LogP contribution in [0.25, 0.3) is 0 Å². The summed E-state index contributed by atoms with van der Waals surface area (Å²) >= 11 is 6.42. The highest BCUT2D eigenvalue weighted by atomic mass is 35.5. The molecule has 114 valence electrons. The fraction of sp³-hybridized carbons (Fsp3) is 0.800. The van der Waals surface area contributed by atoms with Gasteiger partial charge < -0.3 is 10.5 Å². The average molecular weight is 300 g/mol. The van der Waals surface area contributed by atoms with Gasteiger partial charge in [-0.3, -0.25) is 4.68 Å². The van der Waals surface area contributed by atoms with Gasteiger partial charge in [0.25, 0.3) is 0 Å². The minimum Gasteiger partial charge on any atom is -0.377 e. The van der Waals surface area contributed by atoms with Crippen LogP contribution in [0.4, 0.5) is 0 Å². The quantitative estimate of drug-likeness (QED) is 0.909. The van der Waals surface area contributed by atoms with Crippen LogP contribution in [0.5, 0.6) is 0 Å². The van der Waals surface area contributed by atoms with Crippen LogP contribution in [0.3, 0.4) is 0 Å². The number of methoxy groups -OCH3 is 1. The number of rotatable bonds is 5. The molecule has 1 saturated carbocycles. The van der Waals surface area contributed by atoms with E-state index in [4.69, 9.17) is 22.1 Å². The van der Waals surface area contributed by atoms with E-state index in [0.29, 0.717) is 0 Å². The van der Waals surface area contributed by atoms with E-state index < -0.39 is 0 Å². The van der Waals surface area contributed by atoms with Gasteiger partial charge in [0.15, 0.2) is 0 Å². The average Bonchev–Trinajstić information content (AvgIpc) is 2.75. The van der Waals surface area contributed by atoms with Crippen LogP contribution in [0.2, 0.25) is 5.02 Å². The molecule has 2 N–H and O–H groups in total. The monoisotopic (exact) mass is 299 g/mol. The van der Waals surface area contributed by atoms with Gasteiger partial charge >= 0.3 is 0 Å². The largest absolute Gasteiger partial charge is 0.377 e. The smallest absolute Gasteiger partial charge is 0.0850 e. The summed E-state index contributed by atoms with van der Waals surface area (Å²) in [7, 11) is 3.72. The highest BCUT2D eigenvalue weighted by Crippen LogP contribution is 2.35. The predicted octanol–water partition coefficient (Wildman–Crippen LogP) is 2.86. The molecule has 1 fully saturated rings. The van der Waals surface area contributed by atoms with Crippen molar-refractivity contribution >= 4 is 11.6 Å². The Kier molecular flexibility index (Phi) is 5.10. The molecule has 0 bridgehead atoms. The lowest BCUT2D eigenvalue weighted by molar-refractivity contribution is -0.0585. The van der Waals surface area contributed by atoms with E-state index in [1.165, 1.54) is 19.3 Å². The number of hydrogen-bond donors (Lipinski definition) is 1. The van der Waals surface area contributed by atoms with Crippen molar-refractivity contribution < 1.29 is 4.74 Å². The van der Waals surface area contributed by atoms with Crippen molar-refractivity contribution in [3.05, 3.63) is 16.4 Å². The second-order valence-corrected chi connectivity index (χ2v) is 6.20. The summed E-state index contributed by atoms with van der Waals surface area (Å²) in [6, 6.07) is -0.0367. The number of halogens is 1. The lowest BCUT2D eigenvalue weighted by Gasteiger charge is -2.40. The molecule has 1 aromatic heterocycles. The van der Waals surface area contributed by atoms with Crippen molar-refractivity contribution in [3.8, 4) is 0 Å². The molecule has 1 aliphatic carbocycles. The molecular weight excluding hydrogens is 274 g/mol. The van der Waals surface area contributed by atoms with Gasteiger partial charge in [-0.05, 0) is 19.3 Å². The number of ether oxygens (including phenoxy) is 1. The predicted molar refractivity (Wildman–Crippen MR) is 82.1 cm³/mol. The van der Waals surface area contributed by atoms with Gasteiger partial charge in [0.2, 0.25) is 0 Å². The lowest BCUT2D eigenvalue weighted by atomic mass is 9.78. The third kappa shape index (κ3) is 2.87. The van der Waals surface area contributed by atoms with E-state index in [9.17, 15) is 0 Å². The van der Waals surface area contributed by atoms with Crippen LogP contribution in [-0.2, 0) is 24.6 Å². The molecule has 1 aromatic rings. The Morgan fingerprint density at radius 1 is 1.40 bits per heavy atom. The highest BCUT2D eigenvalue weighted by molar-refractivity contribution is 6.31. The van der Waals surface area contributed by atoms with E-state index in [0.717, 1.165) is 42.1 Å². The summed E-state index contributed by atoms with van der Waals surface area (Å²) in [6.07, 6.45) is 7.32. The zero-order valence-electron chi connectivity index (χ0n) is 12.8. The fourth-order valence-electron chi connectivity index (χ4n) is 3.31. The van der Waals surface area contributed by atoms with Gasteiger partial charge in [-0.15, -0.1) is 0 Å². The van der Waals surface area contributed by atoms with Crippen LogP contribution in [-0.4, -0.2) is 28.5 Å². The van der Waals surface area contributed by atoms with Crippen LogP contribution in [0, 0.1) is 0 Å². The molecule has 20 heavy (non-hydrogen) atoms. The molecule has 2 rings (SSSR count). The molecule has 1 unspecified atom stereocenters. The molecule has 0 aromatic carbocycles. The topological polar surface area (TPSA) is 53.1 Å². The first kappa shape index (κ1) is 15.8. The molecule has 0 spiro atoms. The second kappa shape index (κ2) is 6.46. The normalized spacial score (nSPS) is 20.1. The van der Waals surface area contributed by atoms with Crippen LogP contribution < -0.4 is 5.73 Å². The fourth-order valence-corrected chi connectivity index (χ4v) is 3.68. The van der Waals surface area contributed by atoms with Crippen LogP contribution >= 0.6 is 11.6 Å². The first-order valence-corrected chi connectivity index (χ1v) is 7.93. The summed E-state index contributed by atoms with van der Waals surface area (Å²) < 4.78 is 7.70. The maximum Gasteiger partial charge on any atom is 0.0850 e. The molecule has 1 heterocycles. The first-order valence-electron chi connectivity index (χ1n) is 7.55. The Morgan fingerprint density at radius 2 is 2.05 bits per heavy atom. The molecular formula is C15H26ClN3O. The van der Waals surface area contributed by atoms with Crippen molar-refractivity contribution in [2.75, 3.05) is 7.11 Å². The summed E-state index contributed by atoms with van der Waals surface area (Å²) in [5.41, 5.74) is 8.27.